The first kappa shape index (κ1) is 17.5. The summed E-state index contributed by atoms with van der Waals surface area (Å²) in [5, 5.41) is 3.09. The highest BCUT2D eigenvalue weighted by Gasteiger charge is 2.24. The van der Waals surface area contributed by atoms with Gasteiger partial charge in [-0.15, -0.1) is 0 Å². The second kappa shape index (κ2) is 7.48. The van der Waals surface area contributed by atoms with Crippen molar-refractivity contribution in [1.82, 2.24) is 5.32 Å². The SMILES string of the molecule is CCC[C@@H](CNC(=O)c1cccc(OC)c1C)C(C)(C)C. The monoisotopic (exact) mass is 291 g/mol. The van der Waals surface area contributed by atoms with E-state index in [0.717, 1.165) is 24.2 Å². The number of carbonyl (C=O) groups excluding carboxylic acids is 1. The van der Waals surface area contributed by atoms with Crippen molar-refractivity contribution in [3.8, 4) is 5.75 Å². The summed E-state index contributed by atoms with van der Waals surface area (Å²) in [5.41, 5.74) is 1.78. The second-order valence-corrected chi connectivity index (χ2v) is 6.69. The first-order valence-electron chi connectivity index (χ1n) is 7.73. The molecule has 3 nitrogen and oxygen atoms in total. The topological polar surface area (TPSA) is 38.3 Å². The highest BCUT2D eigenvalue weighted by Crippen LogP contribution is 2.29. The molecule has 0 saturated heterocycles. The van der Waals surface area contributed by atoms with Gasteiger partial charge in [0.2, 0.25) is 0 Å². The largest absolute Gasteiger partial charge is 0.496 e. The number of ether oxygens (including phenoxy) is 1. The third-order valence-corrected chi connectivity index (χ3v) is 4.12. The molecule has 1 N–H and O–H groups in total. The van der Waals surface area contributed by atoms with Crippen LogP contribution in [0.5, 0.6) is 5.75 Å². The van der Waals surface area contributed by atoms with E-state index in [0.29, 0.717) is 18.0 Å². The molecule has 0 bridgehead atoms. The summed E-state index contributed by atoms with van der Waals surface area (Å²) < 4.78 is 5.27. The molecule has 0 radical (unpaired) electrons. The fraction of sp³-hybridized carbons (Fsp3) is 0.611. The second-order valence-electron chi connectivity index (χ2n) is 6.69. The van der Waals surface area contributed by atoms with E-state index in [1.807, 2.05) is 25.1 Å². The zero-order valence-electron chi connectivity index (χ0n) is 14.2. The van der Waals surface area contributed by atoms with Crippen LogP contribution in [0.4, 0.5) is 0 Å². The molecule has 0 aliphatic heterocycles. The molecule has 0 saturated carbocycles. The van der Waals surface area contributed by atoms with Crippen LogP contribution < -0.4 is 10.1 Å². The summed E-state index contributed by atoms with van der Waals surface area (Å²) in [6, 6.07) is 5.58. The van der Waals surface area contributed by atoms with Crippen LogP contribution in [0.3, 0.4) is 0 Å². The lowest BCUT2D eigenvalue weighted by Crippen LogP contribution is -2.35. The lowest BCUT2D eigenvalue weighted by Gasteiger charge is -2.30. The molecule has 0 heterocycles. The maximum atomic E-state index is 12.4. The Hall–Kier alpha value is -1.51. The fourth-order valence-electron chi connectivity index (χ4n) is 2.58. The lowest BCUT2D eigenvalue weighted by molar-refractivity contribution is 0.0930. The minimum Gasteiger partial charge on any atom is -0.496 e. The van der Waals surface area contributed by atoms with Crippen LogP contribution in [0.25, 0.3) is 0 Å². The van der Waals surface area contributed by atoms with Crippen LogP contribution in [-0.4, -0.2) is 19.6 Å². The number of nitrogens with one attached hydrogen (secondary N) is 1. The van der Waals surface area contributed by atoms with E-state index >= 15 is 0 Å². The Kier molecular flexibility index (Phi) is 6.25. The molecule has 0 spiro atoms. The number of amides is 1. The van der Waals surface area contributed by atoms with Crippen LogP contribution in [0.2, 0.25) is 0 Å². The summed E-state index contributed by atoms with van der Waals surface area (Å²) in [7, 11) is 1.63. The quantitative estimate of drug-likeness (QED) is 0.853. The molecule has 3 heteroatoms. The third-order valence-electron chi connectivity index (χ3n) is 4.12. The van der Waals surface area contributed by atoms with E-state index in [9.17, 15) is 4.79 Å². The zero-order valence-corrected chi connectivity index (χ0v) is 14.2. The Morgan fingerprint density at radius 3 is 2.52 bits per heavy atom. The maximum Gasteiger partial charge on any atom is 0.251 e. The Morgan fingerprint density at radius 1 is 1.33 bits per heavy atom. The standard InChI is InChI=1S/C18H29NO2/c1-7-9-14(18(3,4)5)12-19-17(20)15-10-8-11-16(21-6)13(15)2/h8,10-11,14H,7,9,12H2,1-6H3,(H,19,20)/t14-/m0/s1. The summed E-state index contributed by atoms with van der Waals surface area (Å²) in [5.74, 6) is 1.22. The first-order valence-corrected chi connectivity index (χ1v) is 7.73. The van der Waals surface area contributed by atoms with Crippen LogP contribution in [0, 0.1) is 18.3 Å². The minimum absolute atomic E-state index is 0.0169. The average Bonchev–Trinajstić information content (AvgIpc) is 2.42. The van der Waals surface area contributed by atoms with Gasteiger partial charge in [0.15, 0.2) is 0 Å². The van der Waals surface area contributed by atoms with Crippen LogP contribution in [-0.2, 0) is 0 Å². The van der Waals surface area contributed by atoms with E-state index in [-0.39, 0.29) is 11.3 Å². The van der Waals surface area contributed by atoms with Gasteiger partial charge in [0.05, 0.1) is 7.11 Å². The molecule has 118 valence electrons. The summed E-state index contributed by atoms with van der Waals surface area (Å²) in [4.78, 5) is 12.4. The highest BCUT2D eigenvalue weighted by atomic mass is 16.5. The molecule has 1 atom stereocenters. The van der Waals surface area contributed by atoms with Gasteiger partial charge in [-0.3, -0.25) is 4.79 Å². The molecule has 0 aliphatic rings. The van der Waals surface area contributed by atoms with Gasteiger partial charge in [0.25, 0.3) is 5.91 Å². The fourth-order valence-corrected chi connectivity index (χ4v) is 2.58. The van der Waals surface area contributed by atoms with Gasteiger partial charge in [-0.25, -0.2) is 0 Å². The summed E-state index contributed by atoms with van der Waals surface area (Å²) >= 11 is 0. The average molecular weight is 291 g/mol. The van der Waals surface area contributed by atoms with Crippen molar-refractivity contribution in [3.63, 3.8) is 0 Å². The third kappa shape index (κ3) is 4.76. The normalized spacial score (nSPS) is 12.9. The van der Waals surface area contributed by atoms with Gasteiger partial charge < -0.3 is 10.1 Å². The van der Waals surface area contributed by atoms with Gasteiger partial charge in [-0.05, 0) is 36.8 Å². The van der Waals surface area contributed by atoms with Crippen molar-refractivity contribution < 1.29 is 9.53 Å². The predicted molar refractivity (Wildman–Crippen MR) is 87.9 cm³/mol. The van der Waals surface area contributed by atoms with Crippen molar-refractivity contribution in [2.24, 2.45) is 11.3 Å². The summed E-state index contributed by atoms with van der Waals surface area (Å²) in [6.07, 6.45) is 2.26. The molecule has 1 amide bonds. The van der Waals surface area contributed by atoms with Crippen LogP contribution >= 0.6 is 0 Å². The minimum atomic E-state index is -0.0169. The van der Waals surface area contributed by atoms with E-state index in [4.69, 9.17) is 4.74 Å². The first-order chi connectivity index (χ1) is 9.81. The maximum absolute atomic E-state index is 12.4. The molecule has 0 aliphatic carbocycles. The van der Waals surface area contributed by atoms with Crippen LogP contribution in [0.15, 0.2) is 18.2 Å². The molecule has 0 unspecified atom stereocenters. The van der Waals surface area contributed by atoms with Gasteiger partial charge in [-0.1, -0.05) is 40.2 Å². The number of methoxy groups -OCH3 is 1. The smallest absolute Gasteiger partial charge is 0.251 e. The number of carbonyl (C=O) groups is 1. The lowest BCUT2D eigenvalue weighted by atomic mass is 9.78. The van der Waals surface area contributed by atoms with Gasteiger partial charge >= 0.3 is 0 Å². The molecular weight excluding hydrogens is 262 g/mol. The Labute approximate surface area is 129 Å². The van der Waals surface area contributed by atoms with E-state index < -0.39 is 0 Å². The molecule has 1 aromatic carbocycles. The van der Waals surface area contributed by atoms with E-state index in [1.54, 1.807) is 7.11 Å². The Bertz CT molecular complexity index is 475. The number of hydrogen-bond donors (Lipinski definition) is 1. The number of rotatable bonds is 6. The highest BCUT2D eigenvalue weighted by molar-refractivity contribution is 5.96. The molecule has 0 fully saturated rings. The van der Waals surface area contributed by atoms with Crippen molar-refractivity contribution >= 4 is 5.91 Å². The van der Waals surface area contributed by atoms with Crippen molar-refractivity contribution in [2.75, 3.05) is 13.7 Å². The van der Waals surface area contributed by atoms with Gasteiger partial charge in [0.1, 0.15) is 5.75 Å². The van der Waals surface area contributed by atoms with Crippen molar-refractivity contribution in [3.05, 3.63) is 29.3 Å². The Balaban J connectivity index is 2.77. The molecular formula is C18H29NO2. The summed E-state index contributed by atoms with van der Waals surface area (Å²) in [6.45, 7) is 11.5. The molecule has 0 aromatic heterocycles. The Morgan fingerprint density at radius 2 is 2.00 bits per heavy atom. The van der Waals surface area contributed by atoms with Crippen LogP contribution in [0.1, 0.15) is 56.5 Å². The molecule has 1 rings (SSSR count). The van der Waals surface area contributed by atoms with Gasteiger partial charge in [0, 0.05) is 17.7 Å². The van der Waals surface area contributed by atoms with Gasteiger partial charge in [-0.2, -0.15) is 0 Å². The van der Waals surface area contributed by atoms with E-state index in [2.05, 4.69) is 33.0 Å². The number of benzene rings is 1. The van der Waals surface area contributed by atoms with E-state index in [1.165, 1.54) is 0 Å². The van der Waals surface area contributed by atoms with Crippen molar-refractivity contribution in [1.29, 1.82) is 0 Å². The number of hydrogen-bond acceptors (Lipinski definition) is 2. The molecule has 1 aromatic rings. The predicted octanol–water partition coefficient (Wildman–Crippen LogP) is 4.20. The molecule has 21 heavy (non-hydrogen) atoms. The zero-order chi connectivity index (χ0) is 16.0. The van der Waals surface area contributed by atoms with Crippen molar-refractivity contribution in [2.45, 2.75) is 47.5 Å².